The summed E-state index contributed by atoms with van der Waals surface area (Å²) in [6, 6.07) is 18.0. The number of nitrogens with one attached hydrogen (secondary N) is 2. The van der Waals surface area contributed by atoms with Crippen LogP contribution < -0.4 is 10.6 Å². The highest BCUT2D eigenvalue weighted by Gasteiger charge is 2.49. The molecule has 3 aromatic carbocycles. The van der Waals surface area contributed by atoms with Gasteiger partial charge < -0.3 is 10.6 Å². The van der Waals surface area contributed by atoms with Crippen LogP contribution in [-0.2, 0) is 15.1 Å². The molecule has 0 spiro atoms. The van der Waals surface area contributed by atoms with Crippen LogP contribution in [0.15, 0.2) is 66.7 Å². The van der Waals surface area contributed by atoms with Crippen molar-refractivity contribution in [1.82, 2.24) is 10.2 Å². The molecule has 2 N–H and O–H groups in total. The molecule has 3 aromatic rings. The Balaban J connectivity index is 1.55. The summed E-state index contributed by atoms with van der Waals surface area (Å²) in [6.07, 6.45) is 0. The number of benzene rings is 3. The van der Waals surface area contributed by atoms with Crippen molar-refractivity contribution in [2.75, 3.05) is 11.9 Å². The molecular weight excluding hydrogens is 373 g/mol. The molecule has 1 heterocycles. The fourth-order valence-corrected chi connectivity index (χ4v) is 3.45. The third-order valence-electron chi connectivity index (χ3n) is 5.01. The van der Waals surface area contributed by atoms with Crippen molar-refractivity contribution >= 4 is 34.3 Å². The Morgan fingerprint density at radius 2 is 1.79 bits per heavy atom. The van der Waals surface area contributed by atoms with Crippen LogP contribution in [0.1, 0.15) is 12.5 Å². The summed E-state index contributed by atoms with van der Waals surface area (Å²) in [7, 11) is 0. The molecule has 1 unspecified atom stereocenters. The van der Waals surface area contributed by atoms with Crippen molar-refractivity contribution < 1.29 is 18.8 Å². The summed E-state index contributed by atoms with van der Waals surface area (Å²) < 4.78 is 13.3. The number of fused-ring (bicyclic) bond motifs is 1. The fourth-order valence-electron chi connectivity index (χ4n) is 3.45. The maximum Gasteiger partial charge on any atom is 0.325 e. The number of anilines is 1. The molecule has 1 saturated heterocycles. The normalized spacial score (nSPS) is 18.8. The summed E-state index contributed by atoms with van der Waals surface area (Å²) >= 11 is 0. The number of nitrogens with zero attached hydrogens (tertiary/aromatic N) is 1. The van der Waals surface area contributed by atoms with Crippen molar-refractivity contribution in [2.45, 2.75) is 12.5 Å². The number of halogens is 1. The van der Waals surface area contributed by atoms with E-state index in [0.29, 0.717) is 5.56 Å². The minimum Gasteiger partial charge on any atom is -0.324 e. The van der Waals surface area contributed by atoms with Crippen LogP contribution in [0.5, 0.6) is 0 Å². The van der Waals surface area contributed by atoms with Crippen LogP contribution in [-0.4, -0.2) is 29.3 Å². The Hall–Kier alpha value is -3.74. The molecule has 146 valence electrons. The predicted molar refractivity (Wildman–Crippen MR) is 107 cm³/mol. The summed E-state index contributed by atoms with van der Waals surface area (Å²) in [5, 5.41) is 7.13. The van der Waals surface area contributed by atoms with Gasteiger partial charge in [-0.25, -0.2) is 9.18 Å². The number of carbonyl (C=O) groups excluding carboxylic acids is 3. The second-order valence-electron chi connectivity index (χ2n) is 7.07. The molecule has 7 heteroatoms. The van der Waals surface area contributed by atoms with E-state index < -0.39 is 35.7 Å². The molecule has 6 nitrogen and oxygen atoms in total. The molecule has 0 bridgehead atoms. The van der Waals surface area contributed by atoms with E-state index in [4.69, 9.17) is 0 Å². The average Bonchev–Trinajstić information content (AvgIpc) is 2.91. The predicted octanol–water partition coefficient (Wildman–Crippen LogP) is 3.38. The first kappa shape index (κ1) is 18.6. The summed E-state index contributed by atoms with van der Waals surface area (Å²) in [6.45, 7) is 1.15. The molecule has 0 aliphatic carbocycles. The van der Waals surface area contributed by atoms with Gasteiger partial charge in [0.25, 0.3) is 5.91 Å². The Bertz CT molecular complexity index is 1150. The van der Waals surface area contributed by atoms with Gasteiger partial charge in [-0.15, -0.1) is 0 Å². The number of amides is 4. The highest BCUT2D eigenvalue weighted by molar-refractivity contribution is 6.10. The number of urea groups is 1. The SMILES string of the molecule is CC1(c2ccc3ccccc3c2)NC(=O)N(CC(=O)Nc2cccc(F)c2)C1=O. The fraction of sp³-hybridized carbons (Fsp3) is 0.136. The lowest BCUT2D eigenvalue weighted by Crippen LogP contribution is -2.42. The van der Waals surface area contributed by atoms with E-state index in [1.165, 1.54) is 18.2 Å². The largest absolute Gasteiger partial charge is 0.325 e. The molecule has 4 rings (SSSR count). The van der Waals surface area contributed by atoms with E-state index in [1.807, 2.05) is 36.4 Å². The third-order valence-corrected chi connectivity index (χ3v) is 5.01. The molecule has 0 radical (unpaired) electrons. The van der Waals surface area contributed by atoms with Crippen molar-refractivity contribution in [3.05, 3.63) is 78.1 Å². The zero-order chi connectivity index (χ0) is 20.6. The van der Waals surface area contributed by atoms with Gasteiger partial charge in [0, 0.05) is 5.69 Å². The molecule has 0 aromatic heterocycles. The van der Waals surface area contributed by atoms with E-state index in [2.05, 4.69) is 10.6 Å². The third kappa shape index (κ3) is 3.42. The monoisotopic (exact) mass is 391 g/mol. The first-order valence-corrected chi connectivity index (χ1v) is 9.06. The molecule has 1 atom stereocenters. The summed E-state index contributed by atoms with van der Waals surface area (Å²) in [5.41, 5.74) is -0.401. The van der Waals surface area contributed by atoms with Crippen molar-refractivity contribution in [1.29, 1.82) is 0 Å². The van der Waals surface area contributed by atoms with Crippen LogP contribution in [0.3, 0.4) is 0 Å². The highest BCUT2D eigenvalue weighted by atomic mass is 19.1. The number of imide groups is 1. The van der Waals surface area contributed by atoms with Crippen LogP contribution in [0, 0.1) is 5.82 Å². The Morgan fingerprint density at radius 1 is 1.03 bits per heavy atom. The zero-order valence-corrected chi connectivity index (χ0v) is 15.6. The molecule has 1 fully saturated rings. The minimum atomic E-state index is -1.28. The maximum absolute atomic E-state index is 13.3. The van der Waals surface area contributed by atoms with Crippen LogP contribution in [0.2, 0.25) is 0 Å². The Kier molecular flexibility index (Phi) is 4.50. The standard InChI is InChI=1S/C22H18FN3O3/c1-22(16-10-9-14-5-2-3-6-15(14)11-16)20(28)26(21(29)25-22)13-19(27)24-18-8-4-7-17(23)12-18/h2-12H,13H2,1H3,(H,24,27)(H,25,29). The van der Waals surface area contributed by atoms with Gasteiger partial charge in [-0.3, -0.25) is 14.5 Å². The number of hydrogen-bond donors (Lipinski definition) is 2. The minimum absolute atomic E-state index is 0.249. The highest BCUT2D eigenvalue weighted by Crippen LogP contribution is 2.31. The lowest BCUT2D eigenvalue weighted by atomic mass is 9.90. The van der Waals surface area contributed by atoms with Gasteiger partial charge in [0.2, 0.25) is 5.91 Å². The second kappa shape index (κ2) is 7.01. The van der Waals surface area contributed by atoms with Gasteiger partial charge in [0.1, 0.15) is 17.9 Å². The van der Waals surface area contributed by atoms with Gasteiger partial charge in [-0.1, -0.05) is 42.5 Å². The Morgan fingerprint density at radius 3 is 2.55 bits per heavy atom. The van der Waals surface area contributed by atoms with Gasteiger partial charge in [-0.2, -0.15) is 0 Å². The smallest absolute Gasteiger partial charge is 0.324 e. The van der Waals surface area contributed by atoms with E-state index >= 15 is 0 Å². The van der Waals surface area contributed by atoms with Gasteiger partial charge in [0.15, 0.2) is 0 Å². The van der Waals surface area contributed by atoms with Crippen molar-refractivity contribution in [3.63, 3.8) is 0 Å². The molecular formula is C22H18FN3O3. The van der Waals surface area contributed by atoms with E-state index in [9.17, 15) is 18.8 Å². The topological polar surface area (TPSA) is 78.5 Å². The van der Waals surface area contributed by atoms with E-state index in [0.717, 1.165) is 21.7 Å². The number of rotatable bonds is 4. The van der Waals surface area contributed by atoms with Crippen molar-refractivity contribution in [2.24, 2.45) is 0 Å². The van der Waals surface area contributed by atoms with E-state index in [1.54, 1.807) is 13.0 Å². The van der Waals surface area contributed by atoms with Gasteiger partial charge in [-0.05, 0) is 47.5 Å². The first-order chi connectivity index (χ1) is 13.9. The lowest BCUT2D eigenvalue weighted by molar-refractivity contribution is -0.133. The molecule has 0 saturated carbocycles. The molecule has 4 amide bonds. The summed E-state index contributed by atoms with van der Waals surface area (Å²) in [5.74, 6) is -1.62. The number of hydrogen-bond acceptors (Lipinski definition) is 3. The van der Waals surface area contributed by atoms with Crippen molar-refractivity contribution in [3.8, 4) is 0 Å². The lowest BCUT2D eigenvalue weighted by Gasteiger charge is -2.22. The zero-order valence-electron chi connectivity index (χ0n) is 15.6. The van der Waals surface area contributed by atoms with Crippen LogP contribution in [0.25, 0.3) is 10.8 Å². The van der Waals surface area contributed by atoms with Crippen LogP contribution in [0.4, 0.5) is 14.9 Å². The second-order valence-corrected chi connectivity index (χ2v) is 7.07. The Labute approximate surface area is 166 Å². The quantitative estimate of drug-likeness (QED) is 0.669. The maximum atomic E-state index is 13.3. The van der Waals surface area contributed by atoms with Gasteiger partial charge in [0.05, 0.1) is 0 Å². The summed E-state index contributed by atoms with van der Waals surface area (Å²) in [4.78, 5) is 38.6. The average molecular weight is 391 g/mol. The van der Waals surface area contributed by atoms with Crippen LogP contribution >= 0.6 is 0 Å². The van der Waals surface area contributed by atoms with Gasteiger partial charge >= 0.3 is 6.03 Å². The number of carbonyl (C=O) groups is 3. The first-order valence-electron chi connectivity index (χ1n) is 9.06. The van der Waals surface area contributed by atoms with E-state index in [-0.39, 0.29) is 5.69 Å². The molecule has 1 aliphatic rings. The molecule has 1 aliphatic heterocycles. The molecule has 29 heavy (non-hydrogen) atoms.